The summed E-state index contributed by atoms with van der Waals surface area (Å²) in [5, 5.41) is 6.41. The molecule has 0 unspecified atom stereocenters. The molecule has 4 heteroatoms. The molecule has 1 aliphatic rings. The lowest BCUT2D eigenvalue weighted by atomic mass is 10.1. The number of nitrogens with one attached hydrogen (secondary N) is 2. The van der Waals surface area contributed by atoms with Crippen molar-refractivity contribution in [1.82, 2.24) is 5.32 Å². The van der Waals surface area contributed by atoms with E-state index in [1.54, 1.807) is 0 Å². The summed E-state index contributed by atoms with van der Waals surface area (Å²) in [6.07, 6.45) is 4.15. The van der Waals surface area contributed by atoms with Crippen LogP contribution in [0.2, 0.25) is 0 Å². The highest BCUT2D eigenvalue weighted by Crippen LogP contribution is 2.12. The van der Waals surface area contributed by atoms with E-state index in [1.807, 2.05) is 24.3 Å². The maximum atomic E-state index is 12.1. The molecule has 0 radical (unpaired) electrons. The number of carbonyl (C=O) groups excluding carboxylic acids is 1. The molecule has 2 N–H and O–H groups in total. The fraction of sp³-hybridized carbons (Fsp3) is 0.562. The highest BCUT2D eigenvalue weighted by molar-refractivity contribution is 5.94. The van der Waals surface area contributed by atoms with E-state index in [0.29, 0.717) is 0 Å². The van der Waals surface area contributed by atoms with Crippen molar-refractivity contribution < 1.29 is 9.53 Å². The number of benzene rings is 1. The Morgan fingerprint density at radius 1 is 1.25 bits per heavy atom. The minimum atomic E-state index is 0.0111. The first-order valence-electron chi connectivity index (χ1n) is 7.52. The van der Waals surface area contributed by atoms with Gasteiger partial charge in [-0.15, -0.1) is 0 Å². The molecule has 0 bridgehead atoms. The molecule has 0 aliphatic carbocycles. The Kier molecular flexibility index (Phi) is 5.87. The lowest BCUT2D eigenvalue weighted by Gasteiger charge is -2.23. The summed E-state index contributed by atoms with van der Waals surface area (Å²) in [7, 11) is 0. The van der Waals surface area contributed by atoms with Crippen LogP contribution in [0.1, 0.15) is 43.0 Å². The molecular weight excluding hydrogens is 252 g/mol. The van der Waals surface area contributed by atoms with Crippen LogP contribution in [0.3, 0.4) is 0 Å². The Hall–Kier alpha value is -1.55. The van der Waals surface area contributed by atoms with E-state index in [-0.39, 0.29) is 11.9 Å². The zero-order valence-corrected chi connectivity index (χ0v) is 12.2. The van der Waals surface area contributed by atoms with Crippen molar-refractivity contribution in [2.45, 2.75) is 38.6 Å². The number of amides is 1. The van der Waals surface area contributed by atoms with E-state index in [9.17, 15) is 4.79 Å². The van der Waals surface area contributed by atoms with Gasteiger partial charge in [-0.2, -0.15) is 0 Å². The van der Waals surface area contributed by atoms with Crippen LogP contribution in [0.25, 0.3) is 0 Å². The average Bonchev–Trinajstić information content (AvgIpc) is 2.49. The fourth-order valence-corrected chi connectivity index (χ4v) is 2.26. The van der Waals surface area contributed by atoms with Gasteiger partial charge in [-0.05, 0) is 43.5 Å². The highest BCUT2D eigenvalue weighted by atomic mass is 16.5. The van der Waals surface area contributed by atoms with Gasteiger partial charge in [0.05, 0.1) is 0 Å². The van der Waals surface area contributed by atoms with E-state index in [1.165, 1.54) is 6.42 Å². The lowest BCUT2D eigenvalue weighted by molar-refractivity contribution is 0.0696. The van der Waals surface area contributed by atoms with Gasteiger partial charge < -0.3 is 15.4 Å². The monoisotopic (exact) mass is 276 g/mol. The first kappa shape index (κ1) is 14.9. The number of ether oxygens (including phenoxy) is 1. The van der Waals surface area contributed by atoms with Crippen molar-refractivity contribution in [3.63, 3.8) is 0 Å². The molecule has 20 heavy (non-hydrogen) atoms. The topological polar surface area (TPSA) is 50.4 Å². The Bertz CT molecular complexity index is 411. The summed E-state index contributed by atoms with van der Waals surface area (Å²) in [4.78, 5) is 12.1. The van der Waals surface area contributed by atoms with Crippen LogP contribution in [-0.2, 0) is 4.74 Å². The second-order valence-electron chi connectivity index (χ2n) is 5.22. The van der Waals surface area contributed by atoms with Gasteiger partial charge in [-0.3, -0.25) is 4.79 Å². The summed E-state index contributed by atoms with van der Waals surface area (Å²) >= 11 is 0. The van der Waals surface area contributed by atoms with Crippen molar-refractivity contribution in [1.29, 1.82) is 0 Å². The highest BCUT2D eigenvalue weighted by Gasteiger charge is 2.16. The lowest BCUT2D eigenvalue weighted by Crippen LogP contribution is -2.38. The molecule has 1 saturated heterocycles. The van der Waals surface area contributed by atoms with Crippen LogP contribution in [0.15, 0.2) is 24.3 Å². The van der Waals surface area contributed by atoms with Crippen LogP contribution in [0.5, 0.6) is 0 Å². The van der Waals surface area contributed by atoms with Crippen LogP contribution in [-0.4, -0.2) is 31.7 Å². The van der Waals surface area contributed by atoms with Crippen molar-refractivity contribution in [3.8, 4) is 0 Å². The molecule has 2 rings (SSSR count). The SMILES string of the molecule is CCCCNc1ccc(C(=O)NC2CCOCC2)cc1. The van der Waals surface area contributed by atoms with Gasteiger partial charge in [-0.1, -0.05) is 13.3 Å². The Morgan fingerprint density at radius 3 is 2.60 bits per heavy atom. The second kappa shape index (κ2) is 7.90. The molecular formula is C16H24N2O2. The van der Waals surface area contributed by atoms with E-state index >= 15 is 0 Å². The molecule has 1 aliphatic heterocycles. The van der Waals surface area contributed by atoms with Gasteiger partial charge in [0.15, 0.2) is 0 Å². The van der Waals surface area contributed by atoms with Crippen molar-refractivity contribution >= 4 is 11.6 Å². The number of carbonyl (C=O) groups is 1. The fourth-order valence-electron chi connectivity index (χ4n) is 2.26. The van der Waals surface area contributed by atoms with Crippen molar-refractivity contribution in [2.75, 3.05) is 25.1 Å². The van der Waals surface area contributed by atoms with Gasteiger partial charge >= 0.3 is 0 Å². The maximum Gasteiger partial charge on any atom is 0.251 e. The summed E-state index contributed by atoms with van der Waals surface area (Å²) in [6.45, 7) is 4.63. The van der Waals surface area contributed by atoms with Gasteiger partial charge in [0.1, 0.15) is 0 Å². The quantitative estimate of drug-likeness (QED) is 0.786. The third kappa shape index (κ3) is 4.53. The number of anilines is 1. The van der Waals surface area contributed by atoms with Crippen LogP contribution < -0.4 is 10.6 Å². The minimum Gasteiger partial charge on any atom is -0.385 e. The van der Waals surface area contributed by atoms with Crippen molar-refractivity contribution in [3.05, 3.63) is 29.8 Å². The van der Waals surface area contributed by atoms with E-state index in [0.717, 1.165) is 50.3 Å². The number of rotatable bonds is 6. The molecule has 0 atom stereocenters. The summed E-state index contributed by atoms with van der Waals surface area (Å²) in [6, 6.07) is 7.94. The van der Waals surface area contributed by atoms with E-state index in [4.69, 9.17) is 4.74 Å². The second-order valence-corrected chi connectivity index (χ2v) is 5.22. The Balaban J connectivity index is 1.83. The molecule has 1 fully saturated rings. The number of unbranched alkanes of at least 4 members (excludes halogenated alkanes) is 1. The van der Waals surface area contributed by atoms with Gasteiger partial charge in [0.2, 0.25) is 0 Å². The number of hydrogen-bond donors (Lipinski definition) is 2. The van der Waals surface area contributed by atoms with Gasteiger partial charge in [-0.25, -0.2) is 0 Å². The van der Waals surface area contributed by atoms with Gasteiger partial charge in [0, 0.05) is 37.1 Å². The standard InChI is InChI=1S/C16H24N2O2/c1-2-3-10-17-14-6-4-13(5-7-14)16(19)18-15-8-11-20-12-9-15/h4-7,15,17H,2-3,8-12H2,1H3,(H,18,19). The first-order valence-corrected chi connectivity index (χ1v) is 7.52. The molecule has 110 valence electrons. The van der Waals surface area contributed by atoms with Crippen LogP contribution in [0, 0.1) is 0 Å². The predicted molar refractivity (Wildman–Crippen MR) is 81.1 cm³/mol. The molecule has 1 aromatic rings. The molecule has 0 aromatic heterocycles. The molecule has 0 spiro atoms. The molecule has 1 amide bonds. The zero-order valence-electron chi connectivity index (χ0n) is 12.2. The van der Waals surface area contributed by atoms with Crippen molar-refractivity contribution in [2.24, 2.45) is 0 Å². The zero-order chi connectivity index (χ0) is 14.2. The largest absolute Gasteiger partial charge is 0.385 e. The number of hydrogen-bond acceptors (Lipinski definition) is 3. The van der Waals surface area contributed by atoms with Crippen LogP contribution in [0.4, 0.5) is 5.69 Å². The summed E-state index contributed by atoms with van der Waals surface area (Å²) in [5.74, 6) is 0.0111. The molecule has 1 heterocycles. The maximum absolute atomic E-state index is 12.1. The molecule has 0 saturated carbocycles. The molecule has 1 aromatic carbocycles. The van der Waals surface area contributed by atoms with Gasteiger partial charge in [0.25, 0.3) is 5.91 Å². The predicted octanol–water partition coefficient (Wildman–Crippen LogP) is 2.81. The smallest absolute Gasteiger partial charge is 0.251 e. The Morgan fingerprint density at radius 2 is 1.95 bits per heavy atom. The van der Waals surface area contributed by atoms with E-state index < -0.39 is 0 Å². The molecule has 4 nitrogen and oxygen atoms in total. The third-order valence-electron chi connectivity index (χ3n) is 3.56. The average molecular weight is 276 g/mol. The summed E-state index contributed by atoms with van der Waals surface area (Å²) < 4.78 is 5.29. The third-order valence-corrected chi connectivity index (χ3v) is 3.56. The Labute approximate surface area is 120 Å². The summed E-state index contributed by atoms with van der Waals surface area (Å²) in [5.41, 5.74) is 1.79. The van der Waals surface area contributed by atoms with E-state index in [2.05, 4.69) is 17.6 Å². The normalized spacial score (nSPS) is 15.8. The minimum absolute atomic E-state index is 0.0111. The van der Waals surface area contributed by atoms with Crippen LogP contribution >= 0.6 is 0 Å². The first-order chi connectivity index (χ1) is 9.79.